The number of aromatic hydroxyl groups is 2. The van der Waals surface area contributed by atoms with Crippen LogP contribution in [-0.2, 0) is 29.4 Å². The molecule has 0 spiro atoms. The van der Waals surface area contributed by atoms with Crippen molar-refractivity contribution in [2.24, 2.45) is 0 Å². The minimum atomic E-state index is -5.74. The molecule has 4 aliphatic heterocycles. The van der Waals surface area contributed by atoms with Crippen molar-refractivity contribution in [3.8, 4) is 74.7 Å². The molecule has 0 amide bonds. The van der Waals surface area contributed by atoms with Crippen molar-refractivity contribution in [2.45, 2.75) is 64.1 Å². The number of ether oxygens (including phenoxy) is 6. The molecule has 16 rings (SSSR count). The summed E-state index contributed by atoms with van der Waals surface area (Å²) in [5.41, 5.74) is 10.4. The number of benzene rings is 5. The highest BCUT2D eigenvalue weighted by Gasteiger charge is 2.49. The predicted molar refractivity (Wildman–Crippen MR) is 390 cm³/mol. The van der Waals surface area contributed by atoms with Gasteiger partial charge in [0.25, 0.3) is 0 Å². The monoisotopic (exact) mass is 1450 g/mol. The highest BCUT2D eigenvalue weighted by atomic mass is 32.2. The van der Waals surface area contributed by atoms with E-state index >= 15 is 0 Å². The molecule has 0 saturated heterocycles. The molecule has 21 nitrogen and oxygen atoms in total. The topological polar surface area (TPSA) is 291 Å². The Balaban J connectivity index is 0.000000125. The molecule has 0 unspecified atom stereocenters. The van der Waals surface area contributed by atoms with Crippen LogP contribution in [0.3, 0.4) is 0 Å². The lowest BCUT2D eigenvalue weighted by Gasteiger charge is -2.19. The van der Waals surface area contributed by atoms with E-state index in [1.165, 1.54) is 36.2 Å². The van der Waals surface area contributed by atoms with E-state index in [2.05, 4.69) is 96.3 Å². The van der Waals surface area contributed by atoms with Crippen molar-refractivity contribution in [3.63, 3.8) is 0 Å². The van der Waals surface area contributed by atoms with E-state index in [9.17, 15) is 51.4 Å². The largest absolute Gasteiger partial charge is 0.534 e. The third-order valence-electron chi connectivity index (χ3n) is 16.0. The number of carbonyl (C=O) groups excluding carboxylic acids is 2. The Morgan fingerprint density at radius 1 is 0.495 bits per heavy atom. The molecular weight excluding hydrogens is 1380 g/mol. The van der Waals surface area contributed by atoms with Crippen molar-refractivity contribution < 1.29 is 84.0 Å². The number of halogens is 3. The average molecular weight is 1450 g/mol. The zero-order valence-electron chi connectivity index (χ0n) is 56.8. The number of hydrogen-bond donors (Lipinski definition) is 4. The maximum atomic E-state index is 12.4. The number of hydrogen-bond acceptors (Lipinski definition) is 21. The van der Waals surface area contributed by atoms with Crippen LogP contribution in [0.4, 0.5) is 13.2 Å². The lowest BCUT2D eigenvalue weighted by Crippen LogP contribution is -2.31. The average Bonchev–Trinajstić information content (AvgIpc) is 0.785. The molecule has 103 heavy (non-hydrogen) atoms. The predicted octanol–water partition coefficient (Wildman–Crippen LogP) is 12.2. The van der Waals surface area contributed by atoms with Gasteiger partial charge in [-0.05, 0) is 131 Å². The molecule has 524 valence electrons. The first-order chi connectivity index (χ1) is 49.1. The van der Waals surface area contributed by atoms with Gasteiger partial charge in [-0.2, -0.15) is 21.6 Å². The van der Waals surface area contributed by atoms with Crippen molar-refractivity contribution in [3.05, 3.63) is 197 Å². The Kier molecular flexibility index (Phi) is 21.5. The highest BCUT2D eigenvalue weighted by molar-refractivity contribution is 7.88. The van der Waals surface area contributed by atoms with Gasteiger partial charge in [0, 0.05) is 89.2 Å². The molecule has 5 aliphatic rings. The third kappa shape index (κ3) is 16.3. The van der Waals surface area contributed by atoms with E-state index < -0.39 is 44.6 Å². The Hall–Kier alpha value is -11.4. The maximum Gasteiger partial charge on any atom is 0.534 e. The summed E-state index contributed by atoms with van der Waals surface area (Å²) in [6, 6.07) is 27.5. The van der Waals surface area contributed by atoms with Gasteiger partial charge in [0.05, 0.1) is 62.2 Å². The zero-order chi connectivity index (χ0) is 73.5. The molecule has 5 aromatic carbocycles. The number of phenolic OH excluding ortho intramolecular Hbond substituents is 2. The van der Waals surface area contributed by atoms with Gasteiger partial charge in [0.1, 0.15) is 89.9 Å². The van der Waals surface area contributed by atoms with Crippen LogP contribution in [0.2, 0.25) is 39.3 Å². The molecule has 0 atom stereocenters. The van der Waals surface area contributed by atoms with Crippen molar-refractivity contribution in [1.82, 2.24) is 29.9 Å². The normalized spacial score (nSPS) is 13.3. The van der Waals surface area contributed by atoms with Gasteiger partial charge < -0.3 is 52.9 Å². The molecule has 10 heterocycles. The minimum absolute atomic E-state index is 0.0255. The number of methoxy groups -OCH3 is 2. The fourth-order valence-electron chi connectivity index (χ4n) is 11.3. The second-order valence-electron chi connectivity index (χ2n) is 25.4. The van der Waals surface area contributed by atoms with E-state index in [0.29, 0.717) is 70.5 Å². The SMILES string of the molecule is COc1ccc(OC)c2c(C#C[Si](C)(C)C)ccnc12.C[Si](C)(C)C#Cc1ccnc2c1C(=O)C=CC2=O.O=S(=O)(Oc1ccc2c3c(ccnc13)CCO2)C(F)(F)F.OB(O)c1ccc2c3c(ccnc13)CCO2.Oc1ccc2c3c(ccnc13)C=CO2.Oc1ccc2c3c(ccnc13)CCO2. The summed E-state index contributed by atoms with van der Waals surface area (Å²) in [6.45, 7) is 14.8. The molecule has 11 aromatic rings. The Bertz CT molecular complexity index is 5460. The summed E-state index contributed by atoms with van der Waals surface area (Å²) in [4.78, 5) is 48.3. The van der Waals surface area contributed by atoms with Crippen LogP contribution in [0.15, 0.2) is 153 Å². The molecule has 6 aromatic heterocycles. The van der Waals surface area contributed by atoms with Crippen LogP contribution < -0.4 is 38.1 Å². The van der Waals surface area contributed by atoms with E-state index in [1.54, 1.807) is 93.8 Å². The van der Waals surface area contributed by atoms with E-state index in [0.717, 1.165) is 97.0 Å². The Morgan fingerprint density at radius 3 is 1.51 bits per heavy atom. The summed E-state index contributed by atoms with van der Waals surface area (Å²) in [5.74, 6) is 10.1. The van der Waals surface area contributed by atoms with Crippen LogP contribution >= 0.6 is 0 Å². The summed E-state index contributed by atoms with van der Waals surface area (Å²) in [7, 11) is -6.89. The fraction of sp³-hybridized carbons (Fsp3) is 0.200. The van der Waals surface area contributed by atoms with Gasteiger partial charge in [0.2, 0.25) is 5.78 Å². The van der Waals surface area contributed by atoms with Gasteiger partial charge in [-0.1, -0.05) is 57.2 Å². The van der Waals surface area contributed by atoms with Crippen LogP contribution in [0.1, 0.15) is 54.2 Å². The quantitative estimate of drug-likeness (QED) is 0.0539. The van der Waals surface area contributed by atoms with Crippen LogP contribution in [0, 0.1) is 22.9 Å². The second kappa shape index (κ2) is 30.4. The number of alkyl halides is 3. The van der Waals surface area contributed by atoms with Gasteiger partial charge in [0.15, 0.2) is 11.5 Å². The number of rotatable bonds is 5. The molecule has 4 N–H and O–H groups in total. The summed E-state index contributed by atoms with van der Waals surface area (Å²) >= 11 is 0. The van der Waals surface area contributed by atoms with Gasteiger partial charge in [-0.3, -0.25) is 39.5 Å². The number of ketones is 2. The molecular formula is C75H66BF3N6O15SSi2. The summed E-state index contributed by atoms with van der Waals surface area (Å²) < 4.78 is 96.1. The maximum absolute atomic E-state index is 12.4. The Labute approximate surface area is 591 Å². The number of allylic oxidation sites excluding steroid dienone is 2. The number of pyridine rings is 6. The van der Waals surface area contributed by atoms with E-state index in [4.69, 9.17) is 28.4 Å². The van der Waals surface area contributed by atoms with Crippen LogP contribution in [-0.4, -0.2) is 133 Å². The first kappa shape index (κ1) is 72.8. The lowest BCUT2D eigenvalue weighted by molar-refractivity contribution is -0.0499. The first-order valence-electron chi connectivity index (χ1n) is 32.0. The first-order valence-corrected chi connectivity index (χ1v) is 40.5. The molecule has 0 saturated carbocycles. The molecule has 0 fully saturated rings. The fourth-order valence-corrected chi connectivity index (χ4v) is 12.8. The second-order valence-corrected chi connectivity index (χ2v) is 36.4. The van der Waals surface area contributed by atoms with Crippen molar-refractivity contribution in [1.29, 1.82) is 0 Å². The van der Waals surface area contributed by atoms with Gasteiger partial charge in [-0.25, -0.2) is 0 Å². The van der Waals surface area contributed by atoms with Gasteiger partial charge >= 0.3 is 22.7 Å². The Morgan fingerprint density at radius 2 is 0.942 bits per heavy atom. The van der Waals surface area contributed by atoms with Gasteiger partial charge in [-0.15, -0.1) is 11.1 Å². The van der Waals surface area contributed by atoms with Crippen molar-refractivity contribution >= 4 is 111 Å². The van der Waals surface area contributed by atoms with Crippen molar-refractivity contribution in [2.75, 3.05) is 34.0 Å². The third-order valence-corrected chi connectivity index (χ3v) is 18.7. The molecule has 1 aliphatic carbocycles. The van der Waals surface area contributed by atoms with E-state index in [-0.39, 0.29) is 34.3 Å². The summed E-state index contributed by atoms with van der Waals surface area (Å²) in [6.07, 6.45) is 18.1. The smallest absolute Gasteiger partial charge is 0.506 e. The van der Waals surface area contributed by atoms with E-state index in [1.807, 2.05) is 42.5 Å². The minimum Gasteiger partial charge on any atom is -0.506 e. The molecule has 0 bridgehead atoms. The molecule has 0 radical (unpaired) electrons. The summed E-state index contributed by atoms with van der Waals surface area (Å²) in [5, 5.41) is 41.9. The molecule has 28 heteroatoms. The highest BCUT2D eigenvalue weighted by Crippen LogP contribution is 2.41. The number of aromatic nitrogens is 6. The number of fused-ring (bicyclic) bond motifs is 2. The number of phenols is 2. The van der Waals surface area contributed by atoms with Crippen LogP contribution in [0.25, 0.3) is 60.6 Å². The number of nitrogens with zero attached hydrogens (tertiary/aromatic N) is 6. The van der Waals surface area contributed by atoms with Crippen LogP contribution in [0.5, 0.6) is 51.7 Å². The lowest BCUT2D eigenvalue weighted by atomic mass is 9.78. The standard InChI is InChI=1S/C16H19NO2Si.C14H13NO2Si.C12H8F3NO4S.C11H10BNO3.C11H9NO2.C11H7NO2/c1-18-13-6-7-14(19-2)16-15(13)12(8-10-17-16)9-11-20(3,4)5;1-18(2,3)9-7-10-6-8-15-14-12(17)5-4-11(16)13(10)14;13-12(14,15)21(17,18)20-9-2-1-8-10-7(4-6-19-8)3-5-16-11(9)10;14-12(15)8-1-2-9-10-7(4-6-16-9)3-5-13-11(8)10;2*13-8-1-2-9-10-7(4-6-14-9)3-5-12-11(8)10/h6-8,10H,1-5H3;4-6,8H,1-3H3;1-3,5H,4,6H2;1-3,5,14-15H,4,6H2;1-3,5,13H,4,6H2;1-6,13H. The number of carbonyl (C=O) groups is 2. The zero-order valence-corrected chi connectivity index (χ0v) is 59.7.